The molecule has 1 heterocycles. The Morgan fingerprint density at radius 1 is 1.12 bits per heavy atom. The Labute approximate surface area is 189 Å². The van der Waals surface area contributed by atoms with E-state index in [-0.39, 0.29) is 23.6 Å². The van der Waals surface area contributed by atoms with Crippen molar-refractivity contribution in [1.82, 2.24) is 19.6 Å². The second-order valence-corrected chi connectivity index (χ2v) is 7.81. The molecule has 172 valence electrons. The second kappa shape index (κ2) is 10.1. The number of nitrogens with zero attached hydrogens (tertiary/aromatic N) is 5. The number of para-hydroxylation sites is 2. The molecule has 0 radical (unpaired) electrons. The van der Waals surface area contributed by atoms with Gasteiger partial charge in [0, 0.05) is 37.5 Å². The van der Waals surface area contributed by atoms with Crippen molar-refractivity contribution in [2.75, 3.05) is 27.2 Å². The van der Waals surface area contributed by atoms with Crippen LogP contribution in [0.15, 0.2) is 59.4 Å². The fourth-order valence-electron chi connectivity index (χ4n) is 3.27. The van der Waals surface area contributed by atoms with E-state index in [1.807, 2.05) is 19.0 Å². The molecule has 0 atom stereocenters. The van der Waals surface area contributed by atoms with Crippen molar-refractivity contribution in [3.05, 3.63) is 97.7 Å². The number of nitro groups is 1. The molecule has 3 rings (SSSR count). The van der Waals surface area contributed by atoms with Gasteiger partial charge >= 0.3 is 0 Å². The van der Waals surface area contributed by atoms with Gasteiger partial charge in [0.15, 0.2) is 5.69 Å². The molecule has 1 aromatic heterocycles. The van der Waals surface area contributed by atoms with Crippen LogP contribution in [0.1, 0.15) is 21.7 Å². The van der Waals surface area contributed by atoms with Crippen molar-refractivity contribution >= 4 is 11.6 Å². The Hall–Kier alpha value is -3.92. The first kappa shape index (κ1) is 23.7. The Bertz CT molecular complexity index is 1220. The smallest absolute Gasteiger partial charge is 0.294 e. The van der Waals surface area contributed by atoms with Crippen LogP contribution in [0.2, 0.25) is 0 Å². The monoisotopic (exact) mass is 453 g/mol. The van der Waals surface area contributed by atoms with E-state index < -0.39 is 22.1 Å². The van der Waals surface area contributed by atoms with Crippen molar-refractivity contribution in [2.24, 2.45) is 0 Å². The number of aryl methyl sites for hydroxylation is 1. The lowest BCUT2D eigenvalue weighted by molar-refractivity contribution is -0.384. The average molecular weight is 453 g/mol. The van der Waals surface area contributed by atoms with Gasteiger partial charge in [0.2, 0.25) is 5.43 Å². The van der Waals surface area contributed by atoms with Crippen LogP contribution in [-0.2, 0) is 6.54 Å². The average Bonchev–Trinajstić information content (AvgIpc) is 2.77. The maximum absolute atomic E-state index is 13.4. The Kier molecular flexibility index (Phi) is 7.29. The first-order valence-electron chi connectivity index (χ1n) is 10.2. The van der Waals surface area contributed by atoms with Crippen LogP contribution in [0.25, 0.3) is 5.69 Å². The Balaban J connectivity index is 2.04. The Morgan fingerprint density at radius 3 is 2.42 bits per heavy atom. The third kappa shape index (κ3) is 5.66. The van der Waals surface area contributed by atoms with Gasteiger partial charge in [-0.2, -0.15) is 5.10 Å². The number of carbonyl (C=O) groups is 1. The fourth-order valence-corrected chi connectivity index (χ4v) is 3.27. The SMILES string of the molecule is Cc1cc(=O)c(C(=O)N(CCN(C)C)Cc2ccc(F)cc2)nn1-c1ccccc1[N+](=O)[O-]. The van der Waals surface area contributed by atoms with Crippen LogP contribution in [0.3, 0.4) is 0 Å². The van der Waals surface area contributed by atoms with Crippen molar-refractivity contribution in [1.29, 1.82) is 0 Å². The fraction of sp³-hybridized carbons (Fsp3) is 0.261. The minimum absolute atomic E-state index is 0.146. The zero-order valence-electron chi connectivity index (χ0n) is 18.6. The van der Waals surface area contributed by atoms with Gasteiger partial charge in [-0.3, -0.25) is 19.7 Å². The van der Waals surface area contributed by atoms with Gasteiger partial charge in [0.25, 0.3) is 11.6 Å². The summed E-state index contributed by atoms with van der Waals surface area (Å²) in [6.45, 7) is 2.55. The predicted molar refractivity (Wildman–Crippen MR) is 121 cm³/mol. The van der Waals surface area contributed by atoms with Gasteiger partial charge < -0.3 is 9.80 Å². The van der Waals surface area contributed by atoms with Gasteiger partial charge in [-0.25, -0.2) is 9.07 Å². The number of nitro benzene ring substituents is 1. The largest absolute Gasteiger partial charge is 0.332 e. The summed E-state index contributed by atoms with van der Waals surface area (Å²) in [7, 11) is 3.71. The highest BCUT2D eigenvalue weighted by Crippen LogP contribution is 2.22. The van der Waals surface area contributed by atoms with E-state index in [0.717, 1.165) is 0 Å². The van der Waals surface area contributed by atoms with Crippen LogP contribution in [0.5, 0.6) is 0 Å². The van der Waals surface area contributed by atoms with E-state index in [9.17, 15) is 24.1 Å². The topological polar surface area (TPSA) is 102 Å². The quantitative estimate of drug-likeness (QED) is 0.384. The first-order valence-corrected chi connectivity index (χ1v) is 10.2. The molecular formula is C23H24FN5O4. The molecule has 0 aliphatic heterocycles. The van der Waals surface area contributed by atoms with E-state index in [0.29, 0.717) is 24.3 Å². The number of benzene rings is 2. The maximum atomic E-state index is 13.4. The summed E-state index contributed by atoms with van der Waals surface area (Å²) >= 11 is 0. The van der Waals surface area contributed by atoms with Gasteiger partial charge in [-0.1, -0.05) is 24.3 Å². The van der Waals surface area contributed by atoms with E-state index in [4.69, 9.17) is 0 Å². The van der Waals surface area contributed by atoms with E-state index in [1.165, 1.54) is 46.0 Å². The number of hydrogen-bond donors (Lipinski definition) is 0. The zero-order valence-corrected chi connectivity index (χ0v) is 18.6. The van der Waals surface area contributed by atoms with Gasteiger partial charge in [0.1, 0.15) is 11.5 Å². The number of amides is 1. The van der Waals surface area contributed by atoms with Crippen LogP contribution in [-0.4, -0.2) is 57.6 Å². The number of carbonyl (C=O) groups excluding carboxylic acids is 1. The molecule has 0 aliphatic rings. The minimum Gasteiger partial charge on any atom is -0.332 e. The summed E-state index contributed by atoms with van der Waals surface area (Å²) in [6.07, 6.45) is 0. The molecule has 33 heavy (non-hydrogen) atoms. The molecule has 2 aromatic carbocycles. The van der Waals surface area contributed by atoms with E-state index >= 15 is 0 Å². The van der Waals surface area contributed by atoms with Crippen molar-refractivity contribution < 1.29 is 14.1 Å². The van der Waals surface area contributed by atoms with Crippen LogP contribution in [0, 0.1) is 22.9 Å². The van der Waals surface area contributed by atoms with Crippen molar-refractivity contribution in [3.63, 3.8) is 0 Å². The number of rotatable bonds is 8. The normalized spacial score (nSPS) is 10.9. The molecule has 0 aliphatic carbocycles. The third-order valence-corrected chi connectivity index (χ3v) is 5.01. The van der Waals surface area contributed by atoms with Gasteiger partial charge in [-0.15, -0.1) is 0 Å². The molecular weight excluding hydrogens is 429 g/mol. The maximum Gasteiger partial charge on any atom is 0.294 e. The molecule has 3 aromatic rings. The predicted octanol–water partition coefficient (Wildman–Crippen LogP) is 2.79. The summed E-state index contributed by atoms with van der Waals surface area (Å²) < 4.78 is 14.5. The molecule has 0 fully saturated rings. The molecule has 0 saturated carbocycles. The summed E-state index contributed by atoms with van der Waals surface area (Å²) in [5.74, 6) is -1.00. The second-order valence-electron chi connectivity index (χ2n) is 7.81. The lowest BCUT2D eigenvalue weighted by Crippen LogP contribution is -2.39. The standard InChI is InChI=1S/C23H24FN5O4/c1-16-14-21(30)22(25-28(16)19-6-4-5-7-20(19)29(32)33)23(31)27(13-12-26(2)3)15-17-8-10-18(24)11-9-17/h4-11,14H,12-13,15H2,1-3H3. The molecule has 10 heteroatoms. The summed E-state index contributed by atoms with van der Waals surface area (Å²) in [5.41, 5.74) is 0.0538. The van der Waals surface area contributed by atoms with Crippen LogP contribution in [0.4, 0.5) is 10.1 Å². The molecule has 0 N–H and O–H groups in total. The van der Waals surface area contributed by atoms with Crippen molar-refractivity contribution in [3.8, 4) is 5.69 Å². The van der Waals surface area contributed by atoms with Crippen molar-refractivity contribution in [2.45, 2.75) is 13.5 Å². The number of halogens is 1. The zero-order chi connectivity index (χ0) is 24.1. The number of aromatic nitrogens is 2. The molecule has 9 nitrogen and oxygen atoms in total. The first-order chi connectivity index (χ1) is 15.7. The molecule has 0 unspecified atom stereocenters. The lowest BCUT2D eigenvalue weighted by atomic mass is 10.2. The summed E-state index contributed by atoms with van der Waals surface area (Å²) in [5, 5.41) is 15.7. The number of likely N-dealkylation sites (N-methyl/N-ethyl adjacent to an activating group) is 1. The molecule has 0 spiro atoms. The van der Waals surface area contributed by atoms with Crippen LogP contribution < -0.4 is 5.43 Å². The molecule has 0 bridgehead atoms. The van der Waals surface area contributed by atoms with Gasteiger partial charge in [-0.05, 0) is 44.8 Å². The van der Waals surface area contributed by atoms with Gasteiger partial charge in [0.05, 0.1) is 4.92 Å². The highest BCUT2D eigenvalue weighted by molar-refractivity contribution is 5.92. The van der Waals surface area contributed by atoms with E-state index in [1.54, 1.807) is 25.1 Å². The minimum atomic E-state index is -0.612. The van der Waals surface area contributed by atoms with Crippen LogP contribution >= 0.6 is 0 Å². The third-order valence-electron chi connectivity index (χ3n) is 5.01. The number of hydrogen-bond acceptors (Lipinski definition) is 6. The molecule has 1 amide bonds. The summed E-state index contributed by atoms with van der Waals surface area (Å²) in [4.78, 5) is 40.4. The Morgan fingerprint density at radius 2 is 1.79 bits per heavy atom. The highest BCUT2D eigenvalue weighted by atomic mass is 19.1. The lowest BCUT2D eigenvalue weighted by Gasteiger charge is -2.24. The van der Waals surface area contributed by atoms with E-state index in [2.05, 4.69) is 5.10 Å². The molecule has 0 saturated heterocycles. The highest BCUT2D eigenvalue weighted by Gasteiger charge is 2.24. The summed E-state index contributed by atoms with van der Waals surface area (Å²) in [6, 6.07) is 12.9.